The monoisotopic (exact) mass is 888 g/mol. The van der Waals surface area contributed by atoms with Gasteiger partial charge < -0.3 is 27.0 Å². The summed E-state index contributed by atoms with van der Waals surface area (Å²) in [5.74, 6) is -10.2. The Labute approximate surface area is 366 Å². The Hall–Kier alpha value is -5.80. The molecule has 1 fully saturated rings. The summed E-state index contributed by atoms with van der Waals surface area (Å²) in [6.07, 6.45) is -2.24. The number of benzene rings is 1. The van der Waals surface area contributed by atoms with E-state index in [1.165, 1.54) is 0 Å². The summed E-state index contributed by atoms with van der Waals surface area (Å²) in [7, 11) is 0. The number of nitrogens with two attached hydrogens (primary N) is 1. The lowest BCUT2D eigenvalue weighted by Gasteiger charge is -2.29. The SMILES string of the molecule is CC(=O)N(O)CCC[C@@H]1CC(=O)[C@@H](Cc2ccccc2)NC(=O)[C@H](CC(C)C)CC(=O)[C@H](CC(N)=O)NC(=O)[C@H](CCCN(O)C(C)=O)NC(=O)[C@H](CCCN(O)C(C)=O)NC1=O. The number of carbonyl (C=O) groups excluding carboxylic acids is 10. The van der Waals surface area contributed by atoms with E-state index in [2.05, 4.69) is 21.3 Å². The van der Waals surface area contributed by atoms with Crippen LogP contribution in [0.3, 0.4) is 0 Å². The molecule has 1 aromatic rings. The molecular weight excluding hydrogens is 825 g/mol. The normalized spacial score (nSPS) is 21.9. The van der Waals surface area contributed by atoms with Crippen molar-refractivity contribution in [1.82, 2.24) is 36.5 Å². The zero-order chi connectivity index (χ0) is 47.4. The minimum absolute atomic E-state index is 0.0154. The molecule has 9 N–H and O–H groups in total. The Morgan fingerprint density at radius 3 is 1.46 bits per heavy atom. The highest BCUT2D eigenvalue weighted by Gasteiger charge is 2.36. The van der Waals surface area contributed by atoms with Crippen LogP contribution in [0, 0.1) is 17.8 Å². The van der Waals surface area contributed by atoms with Crippen LogP contribution in [-0.2, 0) is 54.4 Å². The van der Waals surface area contributed by atoms with Crippen molar-refractivity contribution in [3.63, 3.8) is 0 Å². The number of rotatable bonds is 18. The molecule has 1 saturated heterocycles. The van der Waals surface area contributed by atoms with Crippen molar-refractivity contribution < 1.29 is 63.6 Å². The molecule has 0 unspecified atom stereocenters. The van der Waals surface area contributed by atoms with Gasteiger partial charge in [0, 0.05) is 65.1 Å². The Morgan fingerprint density at radius 2 is 1.00 bits per heavy atom. The first-order valence-corrected chi connectivity index (χ1v) is 21.1. The first kappa shape index (κ1) is 53.3. The fourth-order valence-corrected chi connectivity index (χ4v) is 7.00. The average Bonchev–Trinajstić information content (AvgIpc) is 3.20. The van der Waals surface area contributed by atoms with Crippen LogP contribution < -0.4 is 27.0 Å². The molecule has 21 heteroatoms. The van der Waals surface area contributed by atoms with Gasteiger partial charge in [0.05, 0.1) is 18.5 Å². The third-order valence-electron chi connectivity index (χ3n) is 10.5. The van der Waals surface area contributed by atoms with E-state index in [-0.39, 0.29) is 76.9 Å². The van der Waals surface area contributed by atoms with Crippen molar-refractivity contribution in [3.8, 4) is 0 Å². The molecule has 21 nitrogen and oxygen atoms in total. The molecule has 1 aliphatic rings. The zero-order valence-electron chi connectivity index (χ0n) is 36.7. The van der Waals surface area contributed by atoms with Crippen LogP contribution in [0.1, 0.15) is 104 Å². The molecule has 0 bridgehead atoms. The van der Waals surface area contributed by atoms with Gasteiger partial charge in [0.2, 0.25) is 47.3 Å². The number of hydrogen-bond acceptors (Lipinski definition) is 13. The molecule has 0 saturated carbocycles. The molecule has 350 valence electrons. The predicted octanol–water partition coefficient (Wildman–Crippen LogP) is 0.308. The van der Waals surface area contributed by atoms with Crippen molar-refractivity contribution in [2.45, 2.75) is 129 Å². The van der Waals surface area contributed by atoms with Gasteiger partial charge in [-0.25, -0.2) is 15.2 Å². The van der Waals surface area contributed by atoms with Crippen molar-refractivity contribution in [3.05, 3.63) is 35.9 Å². The number of amides is 8. The predicted molar refractivity (Wildman–Crippen MR) is 223 cm³/mol. The second-order valence-corrected chi connectivity index (χ2v) is 16.3. The first-order chi connectivity index (χ1) is 29.6. The first-order valence-electron chi connectivity index (χ1n) is 21.1. The Kier molecular flexibility index (Phi) is 22.5. The summed E-state index contributed by atoms with van der Waals surface area (Å²) in [6, 6.07) is 2.90. The lowest BCUT2D eigenvalue weighted by Crippen LogP contribution is -2.57. The lowest BCUT2D eigenvalue weighted by molar-refractivity contribution is -0.163. The van der Waals surface area contributed by atoms with Gasteiger partial charge in [0.15, 0.2) is 11.6 Å². The number of hydroxylamine groups is 6. The molecule has 0 radical (unpaired) electrons. The van der Waals surface area contributed by atoms with E-state index in [4.69, 9.17) is 5.73 Å². The number of Topliss-reactive ketones (excluding diaryl/α,β-unsaturated/α-hetero) is 2. The zero-order valence-corrected chi connectivity index (χ0v) is 36.7. The van der Waals surface area contributed by atoms with E-state index < -0.39 is 114 Å². The van der Waals surface area contributed by atoms with Crippen LogP contribution in [0.4, 0.5) is 0 Å². The molecule has 1 aliphatic heterocycles. The van der Waals surface area contributed by atoms with E-state index in [9.17, 15) is 63.6 Å². The van der Waals surface area contributed by atoms with Crippen molar-refractivity contribution in [1.29, 1.82) is 0 Å². The highest BCUT2D eigenvalue weighted by Crippen LogP contribution is 2.21. The number of ketones is 2. The fraction of sp³-hybridized carbons (Fsp3) is 0.619. The maximum absolute atomic E-state index is 14.4. The van der Waals surface area contributed by atoms with Gasteiger partial charge >= 0.3 is 0 Å². The van der Waals surface area contributed by atoms with Gasteiger partial charge in [-0.15, -0.1) is 0 Å². The summed E-state index contributed by atoms with van der Waals surface area (Å²) in [4.78, 5) is 132. The van der Waals surface area contributed by atoms with Crippen molar-refractivity contribution in [2.75, 3.05) is 19.6 Å². The second-order valence-electron chi connectivity index (χ2n) is 16.3. The quantitative estimate of drug-likeness (QED) is 0.0728. The van der Waals surface area contributed by atoms with Gasteiger partial charge in [0.1, 0.15) is 12.1 Å². The van der Waals surface area contributed by atoms with E-state index in [1.54, 1.807) is 30.3 Å². The van der Waals surface area contributed by atoms with Crippen LogP contribution in [0.15, 0.2) is 30.3 Å². The maximum atomic E-state index is 14.4. The number of nitrogens with zero attached hydrogens (tertiary/aromatic N) is 3. The van der Waals surface area contributed by atoms with Crippen LogP contribution in [0.2, 0.25) is 0 Å². The van der Waals surface area contributed by atoms with Crippen molar-refractivity contribution >= 4 is 58.8 Å². The minimum atomic E-state index is -1.57. The molecule has 1 heterocycles. The molecular formula is C42H64N8O13. The average molecular weight is 889 g/mol. The standard InChI is InChI=1S/C42H64N8O13/c1-25(2)20-31-23-37(55)35(24-38(43)56)47-42(60)33(16-11-19-50(63)28(5)53)45-41(59)32(15-10-18-49(62)27(4)52)44-39(57)30(14-9-17-48(61)26(3)51)22-36(54)34(46-40(31)58)21-29-12-7-6-8-13-29/h6-8,12-13,25,30-35,61-63H,9-11,14-24H2,1-5H3,(H2,43,56)(H,44,57)(H,45,59)(H,46,58)(H,47,60)/t30-,31-,32+,33+,34-,35+/m1/s1. The van der Waals surface area contributed by atoms with E-state index in [1.807, 2.05) is 13.8 Å². The number of nitrogens with one attached hydrogen (secondary N) is 4. The van der Waals surface area contributed by atoms with Gasteiger partial charge in [0.25, 0.3) is 0 Å². The molecule has 63 heavy (non-hydrogen) atoms. The van der Waals surface area contributed by atoms with Crippen LogP contribution in [0.5, 0.6) is 0 Å². The number of primary amides is 1. The smallest absolute Gasteiger partial charge is 0.243 e. The maximum Gasteiger partial charge on any atom is 0.243 e. The molecule has 1 aromatic carbocycles. The lowest BCUT2D eigenvalue weighted by atomic mass is 9.87. The minimum Gasteiger partial charge on any atom is -0.370 e. The molecule has 0 aliphatic carbocycles. The number of hydrogen-bond donors (Lipinski definition) is 8. The molecule has 6 atom stereocenters. The highest BCUT2D eigenvalue weighted by atomic mass is 16.5. The molecule has 0 spiro atoms. The van der Waals surface area contributed by atoms with E-state index in [0.717, 1.165) is 20.8 Å². The van der Waals surface area contributed by atoms with Gasteiger partial charge in [-0.2, -0.15) is 0 Å². The summed E-state index contributed by atoms with van der Waals surface area (Å²) in [6.45, 7) is 6.17. The Morgan fingerprint density at radius 1 is 0.603 bits per heavy atom. The topological polar surface area (TPSA) is 315 Å². The van der Waals surface area contributed by atoms with Crippen LogP contribution >= 0.6 is 0 Å². The summed E-state index contributed by atoms with van der Waals surface area (Å²) >= 11 is 0. The highest BCUT2D eigenvalue weighted by molar-refractivity contribution is 5.99. The number of carbonyl (C=O) groups is 10. The Bertz CT molecular complexity index is 1780. The Balaban J connectivity index is 2.76. The summed E-state index contributed by atoms with van der Waals surface area (Å²) in [5.41, 5.74) is 6.14. The van der Waals surface area contributed by atoms with E-state index in [0.29, 0.717) is 20.8 Å². The fourth-order valence-electron chi connectivity index (χ4n) is 7.00. The van der Waals surface area contributed by atoms with Gasteiger partial charge in [-0.3, -0.25) is 63.6 Å². The third kappa shape index (κ3) is 19.4. The molecule has 2 rings (SSSR count). The van der Waals surface area contributed by atoms with Gasteiger partial charge in [-0.1, -0.05) is 44.2 Å². The van der Waals surface area contributed by atoms with Crippen molar-refractivity contribution in [2.24, 2.45) is 23.5 Å². The summed E-state index contributed by atoms with van der Waals surface area (Å²) in [5, 5.41) is 41.7. The molecule has 8 amide bonds. The van der Waals surface area contributed by atoms with Crippen LogP contribution in [0.25, 0.3) is 0 Å². The largest absolute Gasteiger partial charge is 0.370 e. The molecule has 0 aromatic heterocycles. The summed E-state index contributed by atoms with van der Waals surface area (Å²) < 4.78 is 0. The second kappa shape index (κ2) is 26.6. The third-order valence-corrected chi connectivity index (χ3v) is 10.5. The van der Waals surface area contributed by atoms with Gasteiger partial charge in [-0.05, 0) is 62.8 Å². The van der Waals surface area contributed by atoms with Crippen LogP contribution in [-0.4, -0.2) is 133 Å². The van der Waals surface area contributed by atoms with E-state index >= 15 is 0 Å².